The van der Waals surface area contributed by atoms with Crippen LogP contribution < -0.4 is 10.2 Å². The average Bonchev–Trinajstić information content (AvgIpc) is 3.53. The van der Waals surface area contributed by atoms with Crippen LogP contribution in [0.25, 0.3) is 17.1 Å². The van der Waals surface area contributed by atoms with E-state index in [1.807, 2.05) is 49.8 Å². The first kappa shape index (κ1) is 21.3. The van der Waals surface area contributed by atoms with Crippen LogP contribution in [0.1, 0.15) is 11.3 Å². The van der Waals surface area contributed by atoms with Crippen LogP contribution in [0.15, 0.2) is 84.6 Å². The summed E-state index contributed by atoms with van der Waals surface area (Å²) >= 11 is 0. The molecule has 0 atom stereocenters. The molecule has 0 aliphatic rings. The third kappa shape index (κ3) is 4.90. The Hall–Kier alpha value is -4.60. The molecule has 0 aliphatic heterocycles. The van der Waals surface area contributed by atoms with Gasteiger partial charge in [-0.2, -0.15) is 15.3 Å². The SMILES string of the molecule is Cn1cc(-n2ccc(=O)c(Cc3cccc(-c4ncc(OCCn5cccn5)cn4)c3)n2)cn1. The van der Waals surface area contributed by atoms with Crippen LogP contribution in [0.2, 0.25) is 0 Å². The molecule has 10 nitrogen and oxygen atoms in total. The highest BCUT2D eigenvalue weighted by Crippen LogP contribution is 2.19. The van der Waals surface area contributed by atoms with Crippen molar-refractivity contribution in [1.29, 1.82) is 0 Å². The molecule has 5 rings (SSSR count). The van der Waals surface area contributed by atoms with E-state index in [-0.39, 0.29) is 5.43 Å². The number of ether oxygens (including phenoxy) is 1. The summed E-state index contributed by atoms with van der Waals surface area (Å²) in [5, 5.41) is 12.8. The number of aromatic nitrogens is 8. The second-order valence-corrected chi connectivity index (χ2v) is 7.68. The third-order valence-electron chi connectivity index (χ3n) is 5.17. The number of hydrogen-bond acceptors (Lipinski definition) is 7. The van der Waals surface area contributed by atoms with Crippen molar-refractivity contribution in [2.24, 2.45) is 7.05 Å². The third-order valence-corrected chi connectivity index (χ3v) is 5.17. The van der Waals surface area contributed by atoms with Crippen LogP contribution in [0.5, 0.6) is 5.75 Å². The molecule has 10 heteroatoms. The van der Waals surface area contributed by atoms with E-state index in [4.69, 9.17) is 4.74 Å². The van der Waals surface area contributed by atoms with Crippen LogP contribution in [0.3, 0.4) is 0 Å². The van der Waals surface area contributed by atoms with Gasteiger partial charge in [-0.05, 0) is 17.7 Å². The zero-order chi connectivity index (χ0) is 23.3. The molecule has 0 saturated carbocycles. The molecule has 0 aliphatic carbocycles. The monoisotopic (exact) mass is 454 g/mol. The average molecular weight is 454 g/mol. The maximum Gasteiger partial charge on any atom is 0.203 e. The summed E-state index contributed by atoms with van der Waals surface area (Å²) < 4.78 is 10.8. The minimum absolute atomic E-state index is 0.113. The van der Waals surface area contributed by atoms with Crippen molar-refractivity contribution in [3.63, 3.8) is 0 Å². The van der Waals surface area contributed by atoms with E-state index >= 15 is 0 Å². The fourth-order valence-electron chi connectivity index (χ4n) is 3.48. The van der Waals surface area contributed by atoms with Gasteiger partial charge in [-0.3, -0.25) is 14.2 Å². The first-order chi connectivity index (χ1) is 16.6. The molecule has 0 spiro atoms. The Morgan fingerprint density at radius 1 is 1.00 bits per heavy atom. The van der Waals surface area contributed by atoms with Gasteiger partial charge in [0.05, 0.1) is 31.3 Å². The molecule has 4 aromatic heterocycles. The summed E-state index contributed by atoms with van der Waals surface area (Å²) in [4.78, 5) is 21.3. The van der Waals surface area contributed by atoms with Crippen LogP contribution in [0.4, 0.5) is 0 Å². The lowest BCUT2D eigenvalue weighted by molar-refractivity contribution is 0.289. The van der Waals surface area contributed by atoms with Crippen molar-refractivity contribution in [1.82, 2.24) is 39.3 Å². The van der Waals surface area contributed by atoms with Gasteiger partial charge in [-0.25, -0.2) is 14.6 Å². The Kier molecular flexibility index (Phi) is 5.93. The quantitative estimate of drug-likeness (QED) is 0.354. The lowest BCUT2D eigenvalue weighted by atomic mass is 10.1. The smallest absolute Gasteiger partial charge is 0.203 e. The Balaban J connectivity index is 1.29. The zero-order valence-electron chi connectivity index (χ0n) is 18.5. The highest BCUT2D eigenvalue weighted by Gasteiger charge is 2.09. The fourth-order valence-corrected chi connectivity index (χ4v) is 3.48. The summed E-state index contributed by atoms with van der Waals surface area (Å²) in [6, 6.07) is 11.2. The standard InChI is InChI=1S/C24H22N8O2/c1-30-17-20(14-28-30)32-9-6-23(33)22(29-32)13-18-4-2-5-19(12-18)24-25-15-21(16-26-24)34-11-10-31-8-3-7-27-31/h2-9,12,14-17H,10-11,13H2,1H3. The molecular formula is C24H22N8O2. The van der Waals surface area contributed by atoms with Crippen LogP contribution in [-0.4, -0.2) is 45.9 Å². The molecule has 0 amide bonds. The van der Waals surface area contributed by atoms with E-state index in [2.05, 4.69) is 25.3 Å². The molecule has 1 aromatic carbocycles. The van der Waals surface area contributed by atoms with Crippen molar-refractivity contribution in [3.8, 4) is 22.8 Å². The number of hydrogen-bond donors (Lipinski definition) is 0. The van der Waals surface area contributed by atoms with Gasteiger partial charge in [0, 0.05) is 43.7 Å². The molecule has 0 bridgehead atoms. The second kappa shape index (κ2) is 9.49. The van der Waals surface area contributed by atoms with Crippen LogP contribution in [-0.2, 0) is 20.0 Å². The van der Waals surface area contributed by atoms with Gasteiger partial charge in [0.15, 0.2) is 11.6 Å². The Morgan fingerprint density at radius 3 is 2.65 bits per heavy atom. The van der Waals surface area contributed by atoms with Crippen molar-refractivity contribution in [2.75, 3.05) is 6.61 Å². The summed E-state index contributed by atoms with van der Waals surface area (Å²) in [5.41, 5.74) is 2.92. The highest BCUT2D eigenvalue weighted by molar-refractivity contribution is 5.56. The first-order valence-electron chi connectivity index (χ1n) is 10.7. The molecule has 34 heavy (non-hydrogen) atoms. The number of benzene rings is 1. The normalized spacial score (nSPS) is 11.0. The van der Waals surface area contributed by atoms with E-state index in [0.29, 0.717) is 36.8 Å². The predicted octanol–water partition coefficient (Wildman–Crippen LogP) is 2.29. The van der Waals surface area contributed by atoms with Crippen LogP contribution in [0, 0.1) is 0 Å². The summed E-state index contributed by atoms with van der Waals surface area (Å²) in [6.07, 6.45) is 12.5. The van der Waals surface area contributed by atoms with E-state index in [1.54, 1.807) is 45.0 Å². The van der Waals surface area contributed by atoms with Gasteiger partial charge < -0.3 is 4.74 Å². The van der Waals surface area contributed by atoms with E-state index in [9.17, 15) is 4.79 Å². The minimum Gasteiger partial charge on any atom is -0.488 e. The lowest BCUT2D eigenvalue weighted by Crippen LogP contribution is -2.16. The van der Waals surface area contributed by atoms with Gasteiger partial charge in [0.25, 0.3) is 0 Å². The van der Waals surface area contributed by atoms with Gasteiger partial charge in [0.2, 0.25) is 5.43 Å². The van der Waals surface area contributed by atoms with E-state index in [0.717, 1.165) is 16.8 Å². The molecular weight excluding hydrogens is 432 g/mol. The molecule has 4 heterocycles. The summed E-state index contributed by atoms with van der Waals surface area (Å²) in [7, 11) is 1.83. The number of rotatable bonds is 8. The maximum absolute atomic E-state index is 12.4. The fraction of sp³-hybridized carbons (Fsp3) is 0.167. The molecule has 5 aromatic rings. The largest absolute Gasteiger partial charge is 0.488 e. The first-order valence-corrected chi connectivity index (χ1v) is 10.7. The van der Waals surface area contributed by atoms with Crippen molar-refractivity contribution in [2.45, 2.75) is 13.0 Å². The number of aryl methyl sites for hydroxylation is 1. The topological polar surface area (TPSA) is 106 Å². The summed E-state index contributed by atoms with van der Waals surface area (Å²) in [5.74, 6) is 1.17. The van der Waals surface area contributed by atoms with Crippen molar-refractivity contribution < 1.29 is 4.74 Å². The van der Waals surface area contributed by atoms with Crippen LogP contribution >= 0.6 is 0 Å². The summed E-state index contributed by atoms with van der Waals surface area (Å²) in [6.45, 7) is 1.12. The maximum atomic E-state index is 12.4. The van der Waals surface area contributed by atoms with E-state index < -0.39 is 0 Å². The van der Waals surface area contributed by atoms with Gasteiger partial charge in [-0.15, -0.1) is 0 Å². The van der Waals surface area contributed by atoms with Gasteiger partial charge in [0.1, 0.15) is 18.0 Å². The number of nitrogens with zero attached hydrogens (tertiary/aromatic N) is 8. The van der Waals surface area contributed by atoms with Crippen molar-refractivity contribution >= 4 is 0 Å². The molecule has 0 saturated heterocycles. The lowest BCUT2D eigenvalue weighted by Gasteiger charge is -2.08. The molecule has 0 N–H and O–H groups in total. The minimum atomic E-state index is -0.113. The highest BCUT2D eigenvalue weighted by atomic mass is 16.5. The van der Waals surface area contributed by atoms with Gasteiger partial charge >= 0.3 is 0 Å². The molecule has 0 radical (unpaired) electrons. The molecule has 170 valence electrons. The Morgan fingerprint density at radius 2 is 1.88 bits per heavy atom. The van der Waals surface area contributed by atoms with Crippen molar-refractivity contribution in [3.05, 3.63) is 101 Å². The molecule has 0 unspecified atom stereocenters. The predicted molar refractivity (Wildman–Crippen MR) is 125 cm³/mol. The Bertz CT molecular complexity index is 1440. The second-order valence-electron chi connectivity index (χ2n) is 7.68. The van der Waals surface area contributed by atoms with Gasteiger partial charge in [-0.1, -0.05) is 18.2 Å². The zero-order valence-corrected chi connectivity index (χ0v) is 18.5. The Labute approximate surface area is 195 Å². The van der Waals surface area contributed by atoms with E-state index in [1.165, 1.54) is 6.07 Å². The molecule has 0 fully saturated rings.